The molecule has 1 saturated carbocycles. The Hall–Kier alpha value is -0.730. The first-order valence-electron chi connectivity index (χ1n) is 4.78. The first kappa shape index (κ1) is 9.36. The van der Waals surface area contributed by atoms with Crippen molar-refractivity contribution >= 4 is 6.03 Å². The molecule has 1 rings (SSSR count). The lowest BCUT2D eigenvalue weighted by Crippen LogP contribution is -2.41. The van der Waals surface area contributed by atoms with E-state index in [0.29, 0.717) is 6.04 Å². The van der Waals surface area contributed by atoms with Gasteiger partial charge in [-0.15, -0.1) is 0 Å². The molecular weight excluding hydrogens is 152 g/mol. The fourth-order valence-electron chi connectivity index (χ4n) is 1.21. The zero-order valence-electron chi connectivity index (χ0n) is 7.89. The summed E-state index contributed by atoms with van der Waals surface area (Å²) in [5.74, 6) is 0.734. The molecule has 0 heterocycles. The zero-order valence-corrected chi connectivity index (χ0v) is 7.89. The Balaban J connectivity index is 2.07. The topological polar surface area (TPSA) is 41.1 Å². The van der Waals surface area contributed by atoms with E-state index in [9.17, 15) is 4.79 Å². The number of hydrogen-bond donors (Lipinski definition) is 2. The van der Waals surface area contributed by atoms with Crippen LogP contribution < -0.4 is 10.6 Å². The van der Waals surface area contributed by atoms with E-state index in [1.165, 1.54) is 12.8 Å². The lowest BCUT2D eigenvalue weighted by molar-refractivity contribution is 0.236. The summed E-state index contributed by atoms with van der Waals surface area (Å²) in [6.07, 6.45) is 3.54. The van der Waals surface area contributed by atoms with E-state index in [4.69, 9.17) is 0 Å². The molecule has 1 aliphatic carbocycles. The van der Waals surface area contributed by atoms with Crippen molar-refractivity contribution in [1.29, 1.82) is 0 Å². The van der Waals surface area contributed by atoms with Crippen LogP contribution in [-0.4, -0.2) is 18.6 Å². The van der Waals surface area contributed by atoms with Gasteiger partial charge in [-0.3, -0.25) is 0 Å². The largest absolute Gasteiger partial charge is 0.338 e. The van der Waals surface area contributed by atoms with Gasteiger partial charge in [0.1, 0.15) is 0 Å². The summed E-state index contributed by atoms with van der Waals surface area (Å²) in [5, 5.41) is 5.72. The molecule has 0 aromatic rings. The van der Waals surface area contributed by atoms with Gasteiger partial charge in [0, 0.05) is 12.6 Å². The van der Waals surface area contributed by atoms with Crippen LogP contribution in [0.2, 0.25) is 0 Å². The maximum absolute atomic E-state index is 11.1. The minimum Gasteiger partial charge on any atom is -0.338 e. The average Bonchev–Trinajstić information content (AvgIpc) is 2.82. The highest BCUT2D eigenvalue weighted by Crippen LogP contribution is 2.32. The van der Waals surface area contributed by atoms with Crippen molar-refractivity contribution in [1.82, 2.24) is 10.6 Å². The van der Waals surface area contributed by atoms with Crippen molar-refractivity contribution in [3.8, 4) is 0 Å². The van der Waals surface area contributed by atoms with Crippen LogP contribution >= 0.6 is 0 Å². The van der Waals surface area contributed by atoms with Gasteiger partial charge in [0.15, 0.2) is 0 Å². The zero-order chi connectivity index (χ0) is 8.97. The molecule has 0 radical (unpaired) electrons. The van der Waals surface area contributed by atoms with E-state index in [2.05, 4.69) is 17.6 Å². The number of rotatable bonds is 4. The number of urea groups is 1. The molecule has 0 saturated heterocycles. The number of carbonyl (C=O) groups excluding carboxylic acids is 1. The molecule has 0 aliphatic heterocycles. The van der Waals surface area contributed by atoms with Gasteiger partial charge in [-0.25, -0.2) is 4.79 Å². The monoisotopic (exact) mass is 170 g/mol. The predicted molar refractivity (Wildman–Crippen MR) is 49.0 cm³/mol. The van der Waals surface area contributed by atoms with Gasteiger partial charge in [0.2, 0.25) is 0 Å². The molecule has 0 bridgehead atoms. The Bertz CT molecular complexity index is 155. The van der Waals surface area contributed by atoms with Crippen LogP contribution in [0.4, 0.5) is 4.79 Å². The minimum atomic E-state index is -0.0174. The lowest BCUT2D eigenvalue weighted by Gasteiger charge is -2.12. The Morgan fingerprint density at radius 2 is 2.25 bits per heavy atom. The summed E-state index contributed by atoms with van der Waals surface area (Å²) in [6.45, 7) is 4.89. The van der Waals surface area contributed by atoms with Crippen molar-refractivity contribution < 1.29 is 4.79 Å². The fraction of sp³-hybridized carbons (Fsp3) is 0.889. The van der Waals surface area contributed by atoms with E-state index >= 15 is 0 Å². The van der Waals surface area contributed by atoms with Crippen LogP contribution in [-0.2, 0) is 0 Å². The molecule has 0 aromatic carbocycles. The van der Waals surface area contributed by atoms with Gasteiger partial charge < -0.3 is 10.6 Å². The second-order valence-corrected chi connectivity index (χ2v) is 3.53. The van der Waals surface area contributed by atoms with Crippen LogP contribution in [0.1, 0.15) is 33.1 Å². The Labute approximate surface area is 73.9 Å². The molecule has 2 N–H and O–H groups in total. The third-order valence-electron chi connectivity index (χ3n) is 2.22. The third kappa shape index (κ3) is 3.11. The Morgan fingerprint density at radius 3 is 2.75 bits per heavy atom. The number of nitrogens with one attached hydrogen (secondary N) is 2. The van der Waals surface area contributed by atoms with Crippen molar-refractivity contribution in [2.45, 2.75) is 39.2 Å². The highest BCUT2D eigenvalue weighted by atomic mass is 16.2. The predicted octanol–water partition coefficient (Wildman–Crippen LogP) is 1.49. The molecule has 70 valence electrons. The standard InChI is InChI=1S/C9H18N2O/c1-3-6-10-9(12)11-7(2)8-4-5-8/h7-8H,3-6H2,1-2H3,(H2,10,11,12). The van der Waals surface area contributed by atoms with Crippen molar-refractivity contribution in [3.05, 3.63) is 0 Å². The van der Waals surface area contributed by atoms with Crippen LogP contribution in [0.15, 0.2) is 0 Å². The first-order chi connectivity index (χ1) is 5.74. The van der Waals surface area contributed by atoms with Crippen LogP contribution in [0.3, 0.4) is 0 Å². The molecule has 12 heavy (non-hydrogen) atoms. The van der Waals surface area contributed by atoms with Crippen LogP contribution in [0.5, 0.6) is 0 Å². The molecule has 1 unspecified atom stereocenters. The molecule has 3 heteroatoms. The summed E-state index contributed by atoms with van der Waals surface area (Å²) in [5.41, 5.74) is 0. The van der Waals surface area contributed by atoms with Gasteiger partial charge >= 0.3 is 6.03 Å². The van der Waals surface area contributed by atoms with Gasteiger partial charge in [-0.1, -0.05) is 6.92 Å². The van der Waals surface area contributed by atoms with Crippen molar-refractivity contribution in [2.75, 3.05) is 6.54 Å². The molecule has 1 fully saturated rings. The molecule has 3 nitrogen and oxygen atoms in total. The normalized spacial score (nSPS) is 18.5. The quantitative estimate of drug-likeness (QED) is 0.659. The second-order valence-electron chi connectivity index (χ2n) is 3.53. The van der Waals surface area contributed by atoms with E-state index in [-0.39, 0.29) is 6.03 Å². The summed E-state index contributed by atoms with van der Waals surface area (Å²) in [6, 6.07) is 0.332. The summed E-state index contributed by atoms with van der Waals surface area (Å²) < 4.78 is 0. The number of hydrogen-bond acceptors (Lipinski definition) is 1. The second kappa shape index (κ2) is 4.33. The molecule has 0 aromatic heterocycles. The highest BCUT2D eigenvalue weighted by molar-refractivity contribution is 5.74. The lowest BCUT2D eigenvalue weighted by atomic mass is 10.2. The molecule has 0 spiro atoms. The minimum absolute atomic E-state index is 0.0174. The van der Waals surface area contributed by atoms with Crippen LogP contribution in [0.25, 0.3) is 0 Å². The Morgan fingerprint density at radius 1 is 1.58 bits per heavy atom. The number of carbonyl (C=O) groups is 1. The molecule has 1 aliphatic rings. The molecule has 2 amide bonds. The first-order valence-corrected chi connectivity index (χ1v) is 4.78. The fourth-order valence-corrected chi connectivity index (χ4v) is 1.21. The third-order valence-corrected chi connectivity index (χ3v) is 2.22. The van der Waals surface area contributed by atoms with E-state index < -0.39 is 0 Å². The molecular formula is C9H18N2O. The Kier molecular flexibility index (Phi) is 3.38. The highest BCUT2D eigenvalue weighted by Gasteiger charge is 2.28. The van der Waals surface area contributed by atoms with Crippen LogP contribution in [0, 0.1) is 5.92 Å². The van der Waals surface area contributed by atoms with E-state index in [1.54, 1.807) is 0 Å². The molecule has 1 atom stereocenters. The summed E-state index contributed by atoms with van der Waals surface area (Å²) in [4.78, 5) is 11.1. The maximum Gasteiger partial charge on any atom is 0.315 e. The SMILES string of the molecule is CCCNC(=O)NC(C)C1CC1. The van der Waals surface area contributed by atoms with Crippen molar-refractivity contribution in [2.24, 2.45) is 5.92 Å². The van der Waals surface area contributed by atoms with Gasteiger partial charge in [-0.05, 0) is 32.1 Å². The van der Waals surface area contributed by atoms with Crippen molar-refractivity contribution in [3.63, 3.8) is 0 Å². The number of amides is 2. The van der Waals surface area contributed by atoms with E-state index in [0.717, 1.165) is 18.9 Å². The smallest absolute Gasteiger partial charge is 0.315 e. The van der Waals surface area contributed by atoms with Gasteiger partial charge in [-0.2, -0.15) is 0 Å². The van der Waals surface area contributed by atoms with Gasteiger partial charge in [0.25, 0.3) is 0 Å². The summed E-state index contributed by atoms with van der Waals surface area (Å²) >= 11 is 0. The van der Waals surface area contributed by atoms with Gasteiger partial charge in [0.05, 0.1) is 0 Å². The summed E-state index contributed by atoms with van der Waals surface area (Å²) in [7, 11) is 0. The average molecular weight is 170 g/mol. The maximum atomic E-state index is 11.1. The van der Waals surface area contributed by atoms with E-state index in [1.807, 2.05) is 6.92 Å².